The monoisotopic (exact) mass is 284 g/mol. The van der Waals surface area contributed by atoms with Crippen LogP contribution in [0.1, 0.15) is 33.1 Å². The van der Waals surface area contributed by atoms with Gasteiger partial charge < -0.3 is 5.43 Å². The van der Waals surface area contributed by atoms with Gasteiger partial charge >= 0.3 is 0 Å². The van der Waals surface area contributed by atoms with Crippen LogP contribution in [-0.2, 0) is 10.0 Å². The SMILES string of the molecule is CC1(C)CCC(NS(=O)(=O)c2ncccc2NN)C1. The van der Waals surface area contributed by atoms with Crippen LogP contribution in [0.2, 0.25) is 0 Å². The highest BCUT2D eigenvalue weighted by atomic mass is 32.2. The number of aromatic nitrogens is 1. The number of hydrazine groups is 1. The number of anilines is 1. The molecule has 0 amide bonds. The van der Waals surface area contributed by atoms with Crippen molar-refractivity contribution in [2.24, 2.45) is 11.3 Å². The molecule has 1 unspecified atom stereocenters. The minimum absolute atomic E-state index is 0.0346. The summed E-state index contributed by atoms with van der Waals surface area (Å²) in [5.74, 6) is 5.32. The highest BCUT2D eigenvalue weighted by Crippen LogP contribution is 2.37. The third-order valence-corrected chi connectivity index (χ3v) is 4.95. The maximum atomic E-state index is 12.3. The third-order valence-electron chi connectivity index (χ3n) is 3.47. The van der Waals surface area contributed by atoms with Crippen LogP contribution in [0.15, 0.2) is 23.4 Å². The van der Waals surface area contributed by atoms with Gasteiger partial charge in [0.1, 0.15) is 0 Å². The molecule has 6 nitrogen and oxygen atoms in total. The van der Waals surface area contributed by atoms with Crippen LogP contribution < -0.4 is 16.0 Å². The second-order valence-electron chi connectivity index (χ2n) is 5.73. The molecule has 4 N–H and O–H groups in total. The highest BCUT2D eigenvalue weighted by molar-refractivity contribution is 7.89. The van der Waals surface area contributed by atoms with E-state index in [4.69, 9.17) is 5.84 Å². The molecule has 1 heterocycles. The lowest BCUT2D eigenvalue weighted by Gasteiger charge is -2.18. The molecular formula is C12H20N4O2S. The van der Waals surface area contributed by atoms with E-state index in [1.54, 1.807) is 12.1 Å². The Morgan fingerprint density at radius 1 is 1.47 bits per heavy atom. The van der Waals surface area contributed by atoms with E-state index in [2.05, 4.69) is 29.0 Å². The maximum Gasteiger partial charge on any atom is 0.260 e. The summed E-state index contributed by atoms with van der Waals surface area (Å²) < 4.78 is 27.3. The van der Waals surface area contributed by atoms with Crippen LogP contribution in [-0.4, -0.2) is 19.4 Å². The maximum absolute atomic E-state index is 12.3. The second kappa shape index (κ2) is 5.07. The Bertz CT molecular complexity index is 557. The first-order valence-electron chi connectivity index (χ1n) is 6.28. The molecular weight excluding hydrogens is 264 g/mol. The van der Waals surface area contributed by atoms with Crippen LogP contribution in [0.4, 0.5) is 5.69 Å². The number of nitrogen functional groups attached to an aromatic ring is 1. The van der Waals surface area contributed by atoms with E-state index in [0.29, 0.717) is 5.69 Å². The Morgan fingerprint density at radius 3 is 2.79 bits per heavy atom. The minimum atomic E-state index is -3.64. The Morgan fingerprint density at radius 2 is 2.21 bits per heavy atom. The van der Waals surface area contributed by atoms with Gasteiger partial charge in [0, 0.05) is 12.2 Å². The molecule has 19 heavy (non-hydrogen) atoms. The van der Waals surface area contributed by atoms with Gasteiger partial charge in [0.15, 0.2) is 5.03 Å². The fraction of sp³-hybridized carbons (Fsp3) is 0.583. The van der Waals surface area contributed by atoms with E-state index in [1.165, 1.54) is 6.20 Å². The first-order chi connectivity index (χ1) is 8.84. The van der Waals surface area contributed by atoms with Crippen LogP contribution in [0, 0.1) is 5.41 Å². The molecule has 1 aromatic heterocycles. The topological polar surface area (TPSA) is 97.1 Å². The number of nitrogens with zero attached hydrogens (tertiary/aromatic N) is 1. The van der Waals surface area contributed by atoms with Crippen molar-refractivity contribution in [1.82, 2.24) is 9.71 Å². The molecule has 7 heteroatoms. The average Bonchev–Trinajstić information content (AvgIpc) is 2.67. The Kier molecular flexibility index (Phi) is 3.80. The van der Waals surface area contributed by atoms with Crippen LogP contribution in [0.3, 0.4) is 0 Å². The Labute approximate surface area is 113 Å². The quantitative estimate of drug-likeness (QED) is 0.570. The predicted octanol–water partition coefficient (Wildman–Crippen LogP) is 1.22. The summed E-state index contributed by atoms with van der Waals surface area (Å²) in [7, 11) is -3.64. The van der Waals surface area contributed by atoms with E-state index in [1.807, 2.05) is 0 Å². The molecule has 0 saturated heterocycles. The summed E-state index contributed by atoms with van der Waals surface area (Å²) in [4.78, 5) is 3.91. The molecule has 0 radical (unpaired) electrons. The Hall–Kier alpha value is -1.18. The normalized spacial score (nSPS) is 22.4. The number of pyridine rings is 1. The number of hydrogen-bond acceptors (Lipinski definition) is 5. The van der Waals surface area contributed by atoms with Gasteiger partial charge in [0.2, 0.25) is 0 Å². The van der Waals surface area contributed by atoms with Gasteiger partial charge in [-0.1, -0.05) is 13.8 Å². The van der Waals surface area contributed by atoms with Crippen molar-refractivity contribution < 1.29 is 8.42 Å². The summed E-state index contributed by atoms with van der Waals surface area (Å²) in [6, 6.07) is 3.18. The van der Waals surface area contributed by atoms with E-state index < -0.39 is 10.0 Å². The van der Waals surface area contributed by atoms with Crippen molar-refractivity contribution >= 4 is 15.7 Å². The molecule has 1 fully saturated rings. The molecule has 0 aromatic carbocycles. The van der Waals surface area contributed by atoms with Crippen LogP contribution in [0.5, 0.6) is 0 Å². The zero-order valence-corrected chi connectivity index (χ0v) is 12.0. The zero-order chi connectivity index (χ0) is 14.1. The summed E-state index contributed by atoms with van der Waals surface area (Å²) in [5, 5.41) is -0.0535. The van der Waals surface area contributed by atoms with Crippen molar-refractivity contribution in [3.63, 3.8) is 0 Å². The van der Waals surface area contributed by atoms with Gasteiger partial charge in [-0.05, 0) is 36.8 Å². The van der Waals surface area contributed by atoms with Gasteiger partial charge in [-0.3, -0.25) is 5.84 Å². The number of hydrogen-bond donors (Lipinski definition) is 3. The van der Waals surface area contributed by atoms with Gasteiger partial charge in [0.05, 0.1) is 5.69 Å². The largest absolute Gasteiger partial charge is 0.321 e. The molecule has 0 aliphatic heterocycles. The smallest absolute Gasteiger partial charge is 0.260 e. The second-order valence-corrected chi connectivity index (χ2v) is 7.35. The number of sulfonamides is 1. The summed E-state index contributed by atoms with van der Waals surface area (Å²) in [6.07, 6.45) is 4.15. The van der Waals surface area contributed by atoms with Crippen molar-refractivity contribution in [3.05, 3.63) is 18.3 Å². The molecule has 0 bridgehead atoms. The van der Waals surface area contributed by atoms with Gasteiger partial charge in [-0.2, -0.15) is 0 Å². The van der Waals surface area contributed by atoms with Crippen molar-refractivity contribution in [2.75, 3.05) is 5.43 Å². The zero-order valence-electron chi connectivity index (χ0n) is 11.2. The lowest BCUT2D eigenvalue weighted by Crippen LogP contribution is -2.34. The van der Waals surface area contributed by atoms with Gasteiger partial charge in [-0.25, -0.2) is 18.1 Å². The molecule has 1 saturated carbocycles. The van der Waals surface area contributed by atoms with Crippen molar-refractivity contribution in [1.29, 1.82) is 0 Å². The third kappa shape index (κ3) is 3.23. The van der Waals surface area contributed by atoms with Gasteiger partial charge in [0.25, 0.3) is 10.0 Å². The highest BCUT2D eigenvalue weighted by Gasteiger charge is 2.34. The van der Waals surface area contributed by atoms with Gasteiger partial charge in [-0.15, -0.1) is 0 Å². The lowest BCUT2D eigenvalue weighted by atomic mass is 9.92. The predicted molar refractivity (Wildman–Crippen MR) is 73.8 cm³/mol. The molecule has 1 aromatic rings. The van der Waals surface area contributed by atoms with E-state index in [0.717, 1.165) is 19.3 Å². The summed E-state index contributed by atoms with van der Waals surface area (Å²) in [5.41, 5.74) is 2.85. The van der Waals surface area contributed by atoms with Crippen molar-refractivity contribution in [2.45, 2.75) is 44.2 Å². The van der Waals surface area contributed by atoms with E-state index in [-0.39, 0.29) is 16.5 Å². The fourth-order valence-electron chi connectivity index (χ4n) is 2.53. The molecule has 106 valence electrons. The number of nitrogens with one attached hydrogen (secondary N) is 2. The Balaban J connectivity index is 2.19. The van der Waals surface area contributed by atoms with E-state index in [9.17, 15) is 8.42 Å². The lowest BCUT2D eigenvalue weighted by molar-refractivity contribution is 0.372. The van der Waals surface area contributed by atoms with E-state index >= 15 is 0 Å². The molecule has 1 atom stereocenters. The number of rotatable bonds is 4. The van der Waals surface area contributed by atoms with Crippen molar-refractivity contribution in [3.8, 4) is 0 Å². The molecule has 0 spiro atoms. The minimum Gasteiger partial charge on any atom is -0.321 e. The average molecular weight is 284 g/mol. The first kappa shape index (κ1) is 14.2. The van der Waals surface area contributed by atoms with Crippen LogP contribution in [0.25, 0.3) is 0 Å². The standard InChI is InChI=1S/C12H20N4O2S/c1-12(2)6-5-9(8-12)16-19(17,18)11-10(15-13)4-3-7-14-11/h3-4,7,9,15-16H,5-6,8,13H2,1-2H3. The first-order valence-corrected chi connectivity index (χ1v) is 7.76. The van der Waals surface area contributed by atoms with Crippen LogP contribution >= 0.6 is 0 Å². The summed E-state index contributed by atoms with van der Waals surface area (Å²) in [6.45, 7) is 4.30. The summed E-state index contributed by atoms with van der Waals surface area (Å²) >= 11 is 0. The molecule has 1 aliphatic carbocycles. The molecule has 1 aliphatic rings. The molecule has 2 rings (SSSR count). The fourth-order valence-corrected chi connectivity index (χ4v) is 3.89. The number of nitrogens with two attached hydrogens (primary N) is 1.